The van der Waals surface area contributed by atoms with Gasteiger partial charge >= 0.3 is 0 Å². The van der Waals surface area contributed by atoms with Gasteiger partial charge in [0.15, 0.2) is 0 Å². The molecule has 3 unspecified atom stereocenters. The maximum absolute atomic E-state index is 3.92. The molecule has 3 atom stereocenters. The standard InChI is InChI=1S/C9H15N3/c1-6-5-9(6)11-7(2)8-3-4-10-12-8/h3-4,6-7,9,11H,5H2,1-2H3,(H,10,12). The van der Waals surface area contributed by atoms with Gasteiger partial charge in [0, 0.05) is 18.3 Å². The summed E-state index contributed by atoms with van der Waals surface area (Å²) in [7, 11) is 0. The summed E-state index contributed by atoms with van der Waals surface area (Å²) in [5.74, 6) is 0.857. The summed E-state index contributed by atoms with van der Waals surface area (Å²) in [5.41, 5.74) is 1.18. The van der Waals surface area contributed by atoms with E-state index in [1.165, 1.54) is 12.1 Å². The Balaban J connectivity index is 1.89. The van der Waals surface area contributed by atoms with Gasteiger partial charge in [-0.2, -0.15) is 5.10 Å². The van der Waals surface area contributed by atoms with E-state index in [9.17, 15) is 0 Å². The van der Waals surface area contributed by atoms with Gasteiger partial charge in [-0.3, -0.25) is 5.10 Å². The first-order valence-corrected chi connectivity index (χ1v) is 4.52. The molecule has 0 aliphatic heterocycles. The van der Waals surface area contributed by atoms with Crippen LogP contribution in [0.2, 0.25) is 0 Å². The molecule has 12 heavy (non-hydrogen) atoms. The molecule has 0 radical (unpaired) electrons. The Labute approximate surface area is 72.6 Å². The van der Waals surface area contributed by atoms with Crippen LogP contribution in [0.1, 0.15) is 32.0 Å². The highest BCUT2D eigenvalue weighted by Crippen LogP contribution is 2.31. The van der Waals surface area contributed by atoms with E-state index in [2.05, 4.69) is 29.4 Å². The van der Waals surface area contributed by atoms with Crippen molar-refractivity contribution >= 4 is 0 Å². The monoisotopic (exact) mass is 165 g/mol. The van der Waals surface area contributed by atoms with E-state index >= 15 is 0 Å². The molecule has 1 aliphatic rings. The molecular formula is C9H15N3. The van der Waals surface area contributed by atoms with Crippen LogP contribution in [0.5, 0.6) is 0 Å². The second-order valence-electron chi connectivity index (χ2n) is 3.72. The first kappa shape index (κ1) is 7.80. The van der Waals surface area contributed by atoms with E-state index in [1.807, 2.05) is 6.07 Å². The minimum atomic E-state index is 0.405. The van der Waals surface area contributed by atoms with Gasteiger partial charge in [0.25, 0.3) is 0 Å². The lowest BCUT2D eigenvalue weighted by molar-refractivity contribution is 0.539. The fourth-order valence-electron chi connectivity index (χ4n) is 1.47. The molecule has 1 fully saturated rings. The smallest absolute Gasteiger partial charge is 0.0518 e. The molecule has 0 spiro atoms. The minimum absolute atomic E-state index is 0.405. The summed E-state index contributed by atoms with van der Waals surface area (Å²) in [6.45, 7) is 4.44. The molecule has 0 saturated heterocycles. The molecule has 2 N–H and O–H groups in total. The lowest BCUT2D eigenvalue weighted by Gasteiger charge is -2.10. The first-order chi connectivity index (χ1) is 5.77. The topological polar surface area (TPSA) is 40.7 Å². The summed E-state index contributed by atoms with van der Waals surface area (Å²) in [5, 5.41) is 10.4. The first-order valence-electron chi connectivity index (χ1n) is 4.52. The summed E-state index contributed by atoms with van der Waals surface area (Å²) < 4.78 is 0. The average Bonchev–Trinajstić information content (AvgIpc) is 2.58. The Morgan fingerprint density at radius 3 is 3.00 bits per heavy atom. The van der Waals surface area contributed by atoms with Crippen LogP contribution >= 0.6 is 0 Å². The van der Waals surface area contributed by atoms with Gasteiger partial charge in [-0.15, -0.1) is 0 Å². The Hall–Kier alpha value is -0.830. The molecule has 1 saturated carbocycles. The van der Waals surface area contributed by atoms with Crippen molar-refractivity contribution in [1.82, 2.24) is 15.5 Å². The van der Waals surface area contributed by atoms with E-state index in [4.69, 9.17) is 0 Å². The van der Waals surface area contributed by atoms with Crippen molar-refractivity contribution < 1.29 is 0 Å². The number of nitrogens with one attached hydrogen (secondary N) is 2. The lowest BCUT2D eigenvalue weighted by Crippen LogP contribution is -2.22. The van der Waals surface area contributed by atoms with Crippen LogP contribution in [0.15, 0.2) is 12.3 Å². The highest BCUT2D eigenvalue weighted by atomic mass is 15.1. The number of rotatable bonds is 3. The van der Waals surface area contributed by atoms with Crippen LogP contribution in [0.25, 0.3) is 0 Å². The van der Waals surface area contributed by atoms with Gasteiger partial charge in [-0.25, -0.2) is 0 Å². The van der Waals surface area contributed by atoms with Crippen LogP contribution < -0.4 is 5.32 Å². The van der Waals surface area contributed by atoms with E-state index in [0.717, 1.165) is 12.0 Å². The normalized spacial score (nSPS) is 30.2. The van der Waals surface area contributed by atoms with Crippen LogP contribution in [0, 0.1) is 5.92 Å². The fourth-order valence-corrected chi connectivity index (χ4v) is 1.47. The van der Waals surface area contributed by atoms with E-state index in [0.29, 0.717) is 6.04 Å². The highest BCUT2D eigenvalue weighted by Gasteiger charge is 2.33. The van der Waals surface area contributed by atoms with Crippen molar-refractivity contribution in [2.75, 3.05) is 0 Å². The molecule has 1 aromatic heterocycles. The van der Waals surface area contributed by atoms with Crippen molar-refractivity contribution in [3.8, 4) is 0 Å². The number of aromatic nitrogens is 2. The van der Waals surface area contributed by atoms with Gasteiger partial charge in [-0.05, 0) is 25.3 Å². The number of hydrogen-bond acceptors (Lipinski definition) is 2. The third kappa shape index (κ3) is 1.50. The summed E-state index contributed by atoms with van der Waals surface area (Å²) in [6, 6.07) is 3.15. The van der Waals surface area contributed by atoms with E-state index < -0.39 is 0 Å². The maximum atomic E-state index is 3.92. The van der Waals surface area contributed by atoms with Crippen molar-refractivity contribution in [2.24, 2.45) is 5.92 Å². The summed E-state index contributed by atoms with van der Waals surface area (Å²) in [6.07, 6.45) is 3.11. The minimum Gasteiger partial charge on any atom is -0.306 e. The van der Waals surface area contributed by atoms with Crippen molar-refractivity contribution in [1.29, 1.82) is 0 Å². The van der Waals surface area contributed by atoms with Crippen molar-refractivity contribution in [3.05, 3.63) is 18.0 Å². The van der Waals surface area contributed by atoms with Crippen LogP contribution in [0.4, 0.5) is 0 Å². The molecule has 1 aliphatic carbocycles. The molecule has 3 heteroatoms. The average molecular weight is 165 g/mol. The number of H-pyrrole nitrogens is 1. The Bertz CT molecular complexity index is 242. The van der Waals surface area contributed by atoms with Gasteiger partial charge < -0.3 is 5.32 Å². The van der Waals surface area contributed by atoms with Gasteiger partial charge in [-0.1, -0.05) is 6.92 Å². The Morgan fingerprint density at radius 1 is 1.75 bits per heavy atom. The summed E-state index contributed by atoms with van der Waals surface area (Å²) in [4.78, 5) is 0. The largest absolute Gasteiger partial charge is 0.306 e. The molecular weight excluding hydrogens is 150 g/mol. The number of aromatic amines is 1. The Kier molecular flexibility index (Phi) is 1.89. The number of hydrogen-bond donors (Lipinski definition) is 2. The van der Waals surface area contributed by atoms with Gasteiger partial charge in [0.05, 0.1) is 5.69 Å². The SMILES string of the molecule is CC(NC1CC1C)c1ccn[nH]1. The lowest BCUT2D eigenvalue weighted by atomic mass is 10.2. The van der Waals surface area contributed by atoms with Crippen molar-refractivity contribution in [3.63, 3.8) is 0 Å². The zero-order valence-corrected chi connectivity index (χ0v) is 7.54. The van der Waals surface area contributed by atoms with Crippen LogP contribution in [0.3, 0.4) is 0 Å². The molecule has 66 valence electrons. The van der Waals surface area contributed by atoms with Crippen LogP contribution in [-0.2, 0) is 0 Å². The molecule has 1 heterocycles. The zero-order chi connectivity index (χ0) is 8.55. The van der Waals surface area contributed by atoms with E-state index in [-0.39, 0.29) is 0 Å². The third-order valence-electron chi connectivity index (χ3n) is 2.56. The fraction of sp³-hybridized carbons (Fsp3) is 0.667. The zero-order valence-electron chi connectivity index (χ0n) is 7.54. The molecule has 3 nitrogen and oxygen atoms in total. The second-order valence-corrected chi connectivity index (χ2v) is 3.72. The maximum Gasteiger partial charge on any atom is 0.0518 e. The summed E-state index contributed by atoms with van der Waals surface area (Å²) >= 11 is 0. The quantitative estimate of drug-likeness (QED) is 0.712. The predicted molar refractivity (Wildman–Crippen MR) is 47.7 cm³/mol. The van der Waals surface area contributed by atoms with Crippen molar-refractivity contribution in [2.45, 2.75) is 32.4 Å². The molecule has 1 aromatic rings. The van der Waals surface area contributed by atoms with Gasteiger partial charge in [0.2, 0.25) is 0 Å². The molecule has 0 aromatic carbocycles. The van der Waals surface area contributed by atoms with Gasteiger partial charge in [0.1, 0.15) is 0 Å². The highest BCUT2D eigenvalue weighted by molar-refractivity contribution is 5.05. The third-order valence-corrected chi connectivity index (χ3v) is 2.56. The predicted octanol–water partition coefficient (Wildman–Crippen LogP) is 1.47. The second kappa shape index (κ2) is 2.90. The Morgan fingerprint density at radius 2 is 2.50 bits per heavy atom. The molecule has 2 rings (SSSR count). The molecule has 0 amide bonds. The van der Waals surface area contributed by atoms with Crippen LogP contribution in [-0.4, -0.2) is 16.2 Å². The van der Waals surface area contributed by atoms with E-state index in [1.54, 1.807) is 6.20 Å². The molecule has 0 bridgehead atoms. The number of nitrogens with zero attached hydrogens (tertiary/aromatic N) is 1.